The zero-order chi connectivity index (χ0) is 21.5. The molecule has 1 aliphatic heterocycles. The lowest BCUT2D eigenvalue weighted by molar-refractivity contribution is 0.0526. The number of piperidine rings is 1. The molecule has 0 radical (unpaired) electrons. The minimum absolute atomic E-state index is 0.234. The molecule has 1 heterocycles. The van der Waals surface area contributed by atoms with Crippen LogP contribution in [0, 0.1) is 5.92 Å². The van der Waals surface area contributed by atoms with Gasteiger partial charge in [0.1, 0.15) is 0 Å². The molecule has 4 heteroatoms. The molecule has 2 aromatic rings. The van der Waals surface area contributed by atoms with Gasteiger partial charge in [-0.05, 0) is 101 Å². The Morgan fingerprint density at radius 2 is 1.77 bits per heavy atom. The highest BCUT2D eigenvalue weighted by Gasteiger charge is 2.43. The van der Waals surface area contributed by atoms with Gasteiger partial charge in [-0.1, -0.05) is 42.5 Å². The van der Waals surface area contributed by atoms with Crippen molar-refractivity contribution in [2.45, 2.75) is 51.0 Å². The molecular weight excluding hydrogens is 384 g/mol. The monoisotopic (exact) mass is 420 g/mol. The average molecular weight is 421 g/mol. The summed E-state index contributed by atoms with van der Waals surface area (Å²) in [6.07, 6.45) is 7.37. The third-order valence-corrected chi connectivity index (χ3v) is 6.92. The molecule has 1 N–H and O–H groups in total. The maximum Gasteiger partial charge on any atom is 0.338 e. The highest BCUT2D eigenvalue weighted by molar-refractivity contribution is 5.89. The molecule has 2 aromatic carbocycles. The fourth-order valence-corrected chi connectivity index (χ4v) is 4.73. The molecule has 0 bridgehead atoms. The summed E-state index contributed by atoms with van der Waals surface area (Å²) < 4.78 is 5.05. The second-order valence-electron chi connectivity index (χ2n) is 9.13. The number of carbonyl (C=O) groups is 1. The molecule has 1 saturated heterocycles. The molecule has 2 aliphatic rings. The van der Waals surface area contributed by atoms with Gasteiger partial charge in [-0.2, -0.15) is 0 Å². The molecule has 1 saturated carbocycles. The number of hydrogen-bond acceptors (Lipinski definition) is 4. The van der Waals surface area contributed by atoms with Crippen molar-refractivity contribution in [3.63, 3.8) is 0 Å². The maximum atomic E-state index is 11.7. The van der Waals surface area contributed by atoms with E-state index in [-0.39, 0.29) is 11.5 Å². The largest absolute Gasteiger partial charge is 0.462 e. The summed E-state index contributed by atoms with van der Waals surface area (Å²) >= 11 is 0. The number of nitrogens with zero attached hydrogens (tertiary/aromatic N) is 1. The van der Waals surface area contributed by atoms with Crippen LogP contribution >= 0.6 is 0 Å². The van der Waals surface area contributed by atoms with Crippen LogP contribution in [0.5, 0.6) is 0 Å². The Hall–Kier alpha value is -2.17. The number of benzene rings is 2. The summed E-state index contributed by atoms with van der Waals surface area (Å²) in [4.78, 5) is 14.4. The van der Waals surface area contributed by atoms with Crippen molar-refractivity contribution >= 4 is 5.97 Å². The third-order valence-electron chi connectivity index (χ3n) is 6.92. The quantitative estimate of drug-likeness (QED) is 0.561. The first-order valence-corrected chi connectivity index (χ1v) is 12.0. The van der Waals surface area contributed by atoms with Crippen molar-refractivity contribution < 1.29 is 9.53 Å². The Kier molecular flexibility index (Phi) is 7.41. The summed E-state index contributed by atoms with van der Waals surface area (Å²) in [6.45, 7) is 6.99. The molecular formula is C27H36N2O2. The van der Waals surface area contributed by atoms with Crippen LogP contribution in [0.2, 0.25) is 0 Å². The Morgan fingerprint density at radius 3 is 2.42 bits per heavy atom. The van der Waals surface area contributed by atoms with E-state index in [0.717, 1.165) is 25.4 Å². The number of likely N-dealkylation sites (tertiary alicyclic amines) is 1. The summed E-state index contributed by atoms with van der Waals surface area (Å²) in [5, 5.41) is 3.90. The van der Waals surface area contributed by atoms with E-state index in [1.54, 1.807) is 0 Å². The number of aryl methyl sites for hydroxylation is 1. The normalized spacial score (nSPS) is 18.6. The lowest BCUT2D eigenvalue weighted by atomic mass is 9.95. The van der Waals surface area contributed by atoms with Crippen molar-refractivity contribution in [3.05, 3.63) is 71.3 Å². The number of carbonyl (C=O) groups excluding carboxylic acids is 1. The molecule has 2 fully saturated rings. The second kappa shape index (κ2) is 10.4. The Labute approximate surface area is 187 Å². The molecule has 4 rings (SSSR count). The van der Waals surface area contributed by atoms with E-state index >= 15 is 0 Å². The minimum atomic E-state index is -0.234. The lowest BCUT2D eigenvalue weighted by Crippen LogP contribution is -2.40. The molecule has 0 amide bonds. The van der Waals surface area contributed by atoms with Crippen LogP contribution in [0.15, 0.2) is 54.6 Å². The smallest absolute Gasteiger partial charge is 0.338 e. The van der Waals surface area contributed by atoms with E-state index in [9.17, 15) is 4.79 Å². The van der Waals surface area contributed by atoms with Crippen molar-refractivity contribution in [3.8, 4) is 0 Å². The van der Waals surface area contributed by atoms with Crippen LogP contribution < -0.4 is 5.32 Å². The highest BCUT2D eigenvalue weighted by Crippen LogP contribution is 2.45. The topological polar surface area (TPSA) is 41.6 Å². The maximum absolute atomic E-state index is 11.7. The molecule has 166 valence electrons. The fourth-order valence-electron chi connectivity index (χ4n) is 4.73. The number of ether oxygens (including phenoxy) is 1. The Balaban J connectivity index is 1.13. The third kappa shape index (κ3) is 5.96. The van der Waals surface area contributed by atoms with Crippen LogP contribution in [-0.4, -0.2) is 43.7 Å². The highest BCUT2D eigenvalue weighted by atomic mass is 16.5. The molecule has 0 atom stereocenters. The van der Waals surface area contributed by atoms with Crippen LogP contribution in [0.25, 0.3) is 0 Å². The van der Waals surface area contributed by atoms with Crippen LogP contribution in [0.3, 0.4) is 0 Å². The first-order valence-electron chi connectivity index (χ1n) is 12.0. The van der Waals surface area contributed by atoms with Gasteiger partial charge in [0.25, 0.3) is 0 Å². The van der Waals surface area contributed by atoms with Gasteiger partial charge in [0.15, 0.2) is 0 Å². The summed E-state index contributed by atoms with van der Waals surface area (Å²) in [7, 11) is 0. The van der Waals surface area contributed by atoms with Gasteiger partial charge in [-0.3, -0.25) is 0 Å². The molecule has 4 nitrogen and oxygen atoms in total. The fraction of sp³-hybridized carbons (Fsp3) is 0.519. The van der Waals surface area contributed by atoms with Crippen LogP contribution in [0.1, 0.15) is 60.5 Å². The van der Waals surface area contributed by atoms with E-state index in [4.69, 9.17) is 4.74 Å². The van der Waals surface area contributed by atoms with E-state index in [0.29, 0.717) is 12.2 Å². The predicted molar refractivity (Wildman–Crippen MR) is 125 cm³/mol. The van der Waals surface area contributed by atoms with Gasteiger partial charge in [-0.15, -0.1) is 0 Å². The SMILES string of the molecule is CCOC(=O)c1ccc(CCCN2CCC(CNC3(c4ccccc4)CC3)CC2)cc1. The van der Waals surface area contributed by atoms with Gasteiger partial charge < -0.3 is 15.0 Å². The van der Waals surface area contributed by atoms with Gasteiger partial charge in [0, 0.05) is 5.54 Å². The molecule has 1 aliphatic carbocycles. The van der Waals surface area contributed by atoms with Gasteiger partial charge >= 0.3 is 5.97 Å². The van der Waals surface area contributed by atoms with Crippen molar-refractivity contribution in [1.29, 1.82) is 0 Å². The van der Waals surface area contributed by atoms with Crippen molar-refractivity contribution in [1.82, 2.24) is 10.2 Å². The standard InChI is InChI=1S/C27H36N2O2/c1-2-31-26(30)24-12-10-22(11-13-24)7-6-18-29-19-14-23(15-20-29)21-28-27(16-17-27)25-8-4-3-5-9-25/h3-5,8-13,23,28H,2,6-7,14-21H2,1H3. The van der Waals surface area contributed by atoms with E-state index in [1.165, 1.54) is 56.3 Å². The number of esters is 1. The van der Waals surface area contributed by atoms with E-state index in [2.05, 4.69) is 52.7 Å². The van der Waals surface area contributed by atoms with Gasteiger partial charge in [0.05, 0.1) is 12.2 Å². The average Bonchev–Trinajstić information content (AvgIpc) is 3.61. The van der Waals surface area contributed by atoms with Crippen molar-refractivity contribution in [2.75, 3.05) is 32.8 Å². The summed E-state index contributed by atoms with van der Waals surface area (Å²) in [5.74, 6) is 0.565. The van der Waals surface area contributed by atoms with E-state index < -0.39 is 0 Å². The minimum Gasteiger partial charge on any atom is -0.462 e. The lowest BCUT2D eigenvalue weighted by Gasteiger charge is -2.33. The van der Waals surface area contributed by atoms with Crippen molar-refractivity contribution in [2.24, 2.45) is 5.92 Å². The number of nitrogens with one attached hydrogen (secondary N) is 1. The van der Waals surface area contributed by atoms with Crippen LogP contribution in [-0.2, 0) is 16.7 Å². The first-order chi connectivity index (χ1) is 15.2. The predicted octanol–water partition coefficient (Wildman–Crippen LogP) is 4.79. The molecule has 31 heavy (non-hydrogen) atoms. The number of hydrogen-bond donors (Lipinski definition) is 1. The first kappa shape index (κ1) is 22.0. The molecule has 0 aromatic heterocycles. The second-order valence-corrected chi connectivity index (χ2v) is 9.13. The zero-order valence-corrected chi connectivity index (χ0v) is 18.8. The summed E-state index contributed by atoms with van der Waals surface area (Å²) in [5.41, 5.74) is 3.66. The van der Waals surface area contributed by atoms with E-state index in [1.807, 2.05) is 19.1 Å². The zero-order valence-electron chi connectivity index (χ0n) is 18.8. The summed E-state index contributed by atoms with van der Waals surface area (Å²) in [6, 6.07) is 18.8. The van der Waals surface area contributed by atoms with Crippen LogP contribution in [0.4, 0.5) is 0 Å². The Morgan fingerprint density at radius 1 is 1.06 bits per heavy atom. The Bertz CT molecular complexity index is 822. The molecule has 0 unspecified atom stereocenters. The number of rotatable bonds is 10. The molecule has 0 spiro atoms. The van der Waals surface area contributed by atoms with Gasteiger partial charge in [0.2, 0.25) is 0 Å². The van der Waals surface area contributed by atoms with Gasteiger partial charge in [-0.25, -0.2) is 4.79 Å².